The molecule has 1 fully saturated rings. The highest BCUT2D eigenvalue weighted by molar-refractivity contribution is 7.90. The Morgan fingerprint density at radius 3 is 2.47 bits per heavy atom. The standard InChI is InChI=1S/C24H26N4O5S/c1-34(31,32)22-10-6-5-9-21(22)33-18-11-13-28(14-12-18)23(29)16-25-24(30)20-15-19(26-27-20)17-7-3-2-4-8-17/h2-10,15,18H,11-14,16H2,1H3,(H,25,30)(H,26,27). The van der Waals surface area contributed by atoms with E-state index in [1.807, 2.05) is 30.3 Å². The van der Waals surface area contributed by atoms with Gasteiger partial charge in [-0.1, -0.05) is 42.5 Å². The van der Waals surface area contributed by atoms with Gasteiger partial charge in [0.05, 0.1) is 12.2 Å². The molecule has 0 radical (unpaired) electrons. The van der Waals surface area contributed by atoms with Gasteiger partial charge in [-0.2, -0.15) is 5.10 Å². The number of rotatable bonds is 7. The monoisotopic (exact) mass is 482 g/mol. The Balaban J connectivity index is 1.26. The third-order valence-corrected chi connectivity index (χ3v) is 6.77. The van der Waals surface area contributed by atoms with Crippen LogP contribution in [-0.2, 0) is 14.6 Å². The van der Waals surface area contributed by atoms with Crippen LogP contribution in [-0.4, -0.2) is 67.3 Å². The van der Waals surface area contributed by atoms with Crippen LogP contribution in [0.1, 0.15) is 23.3 Å². The number of nitrogens with one attached hydrogen (secondary N) is 2. The molecule has 34 heavy (non-hydrogen) atoms. The second-order valence-corrected chi connectivity index (χ2v) is 10.1. The molecule has 0 bridgehead atoms. The Morgan fingerprint density at radius 1 is 1.09 bits per heavy atom. The van der Waals surface area contributed by atoms with E-state index in [1.54, 1.807) is 29.2 Å². The number of aromatic nitrogens is 2. The Hall–Kier alpha value is -3.66. The zero-order chi connectivity index (χ0) is 24.1. The molecule has 0 spiro atoms. The Bertz CT molecular complexity index is 1270. The number of hydrogen-bond donors (Lipinski definition) is 2. The molecule has 1 aliphatic heterocycles. The van der Waals surface area contributed by atoms with Gasteiger partial charge in [-0.15, -0.1) is 0 Å². The van der Waals surface area contributed by atoms with Crippen molar-refractivity contribution < 1.29 is 22.7 Å². The first-order valence-corrected chi connectivity index (χ1v) is 12.8. The summed E-state index contributed by atoms with van der Waals surface area (Å²) in [5.74, 6) is -0.291. The molecule has 9 nitrogen and oxygen atoms in total. The van der Waals surface area contributed by atoms with Gasteiger partial charge in [-0.3, -0.25) is 14.7 Å². The summed E-state index contributed by atoms with van der Waals surface area (Å²) in [6.45, 7) is 0.788. The van der Waals surface area contributed by atoms with Crippen LogP contribution in [0.15, 0.2) is 65.6 Å². The van der Waals surface area contributed by atoms with Crippen molar-refractivity contribution in [3.05, 3.63) is 66.4 Å². The Labute approximate surface area is 198 Å². The largest absolute Gasteiger partial charge is 0.489 e. The normalized spacial score (nSPS) is 14.6. The molecular weight excluding hydrogens is 456 g/mol. The van der Waals surface area contributed by atoms with E-state index in [1.165, 1.54) is 6.07 Å². The van der Waals surface area contributed by atoms with Crippen LogP contribution in [0.25, 0.3) is 11.3 Å². The fraction of sp³-hybridized carbons (Fsp3) is 0.292. The first-order valence-electron chi connectivity index (χ1n) is 10.9. The van der Waals surface area contributed by atoms with E-state index < -0.39 is 15.7 Å². The summed E-state index contributed by atoms with van der Waals surface area (Å²) < 4.78 is 29.9. The number of sulfone groups is 1. The molecule has 1 saturated heterocycles. The van der Waals surface area contributed by atoms with Crippen LogP contribution in [0.5, 0.6) is 5.75 Å². The lowest BCUT2D eigenvalue weighted by atomic mass is 10.1. The predicted molar refractivity (Wildman–Crippen MR) is 126 cm³/mol. The first-order chi connectivity index (χ1) is 16.3. The molecule has 4 rings (SSSR count). The summed E-state index contributed by atoms with van der Waals surface area (Å²) in [7, 11) is -3.40. The highest BCUT2D eigenvalue weighted by atomic mass is 32.2. The maximum Gasteiger partial charge on any atom is 0.272 e. The molecule has 0 unspecified atom stereocenters. The molecule has 0 atom stereocenters. The number of likely N-dealkylation sites (tertiary alicyclic amines) is 1. The number of amides is 2. The number of ether oxygens (including phenoxy) is 1. The molecule has 2 aromatic carbocycles. The summed E-state index contributed by atoms with van der Waals surface area (Å²) in [6, 6.07) is 17.7. The minimum atomic E-state index is -3.40. The number of nitrogens with zero attached hydrogens (tertiary/aromatic N) is 2. The fourth-order valence-corrected chi connectivity index (χ4v) is 4.63. The van der Waals surface area contributed by atoms with Crippen LogP contribution >= 0.6 is 0 Å². The van der Waals surface area contributed by atoms with Crippen molar-refractivity contribution in [2.75, 3.05) is 25.9 Å². The molecule has 3 aromatic rings. The van der Waals surface area contributed by atoms with Crippen LogP contribution in [0.2, 0.25) is 0 Å². The van der Waals surface area contributed by atoms with Crippen molar-refractivity contribution >= 4 is 21.7 Å². The molecule has 1 aliphatic rings. The molecule has 178 valence electrons. The van der Waals surface area contributed by atoms with Gasteiger partial charge in [0, 0.05) is 32.2 Å². The summed E-state index contributed by atoms with van der Waals surface area (Å²) in [5, 5.41) is 9.50. The number of hydrogen-bond acceptors (Lipinski definition) is 6. The second kappa shape index (κ2) is 10.1. The summed E-state index contributed by atoms with van der Waals surface area (Å²) >= 11 is 0. The highest BCUT2D eigenvalue weighted by Crippen LogP contribution is 2.26. The third kappa shape index (κ3) is 5.63. The van der Waals surface area contributed by atoms with E-state index >= 15 is 0 Å². The van der Waals surface area contributed by atoms with Crippen molar-refractivity contribution in [2.45, 2.75) is 23.8 Å². The van der Waals surface area contributed by atoms with Crippen LogP contribution in [0.4, 0.5) is 0 Å². The first kappa shape index (κ1) is 23.5. The van der Waals surface area contributed by atoms with E-state index in [-0.39, 0.29) is 29.1 Å². The highest BCUT2D eigenvalue weighted by Gasteiger charge is 2.26. The van der Waals surface area contributed by atoms with Gasteiger partial charge >= 0.3 is 0 Å². The van der Waals surface area contributed by atoms with E-state index in [9.17, 15) is 18.0 Å². The van der Waals surface area contributed by atoms with Gasteiger partial charge < -0.3 is 15.0 Å². The lowest BCUT2D eigenvalue weighted by molar-refractivity contribution is -0.131. The van der Waals surface area contributed by atoms with E-state index in [4.69, 9.17) is 4.74 Å². The number of H-pyrrole nitrogens is 1. The summed E-state index contributed by atoms with van der Waals surface area (Å²) in [5.41, 5.74) is 1.84. The maximum absolute atomic E-state index is 12.6. The van der Waals surface area contributed by atoms with Crippen LogP contribution < -0.4 is 10.1 Å². The number of para-hydroxylation sites is 1. The zero-order valence-corrected chi connectivity index (χ0v) is 19.5. The van der Waals surface area contributed by atoms with Gasteiger partial charge in [0.15, 0.2) is 15.5 Å². The maximum atomic E-state index is 12.6. The van der Waals surface area contributed by atoms with Gasteiger partial charge in [-0.25, -0.2) is 8.42 Å². The number of aromatic amines is 1. The Morgan fingerprint density at radius 2 is 1.76 bits per heavy atom. The molecule has 2 amide bonds. The van der Waals surface area contributed by atoms with Gasteiger partial charge in [0.25, 0.3) is 5.91 Å². The van der Waals surface area contributed by atoms with Gasteiger partial charge in [0.1, 0.15) is 16.7 Å². The van der Waals surface area contributed by atoms with Crippen LogP contribution in [0, 0.1) is 0 Å². The summed E-state index contributed by atoms with van der Waals surface area (Å²) in [6.07, 6.45) is 2.09. The van der Waals surface area contributed by atoms with Crippen molar-refractivity contribution in [1.82, 2.24) is 20.4 Å². The van der Waals surface area contributed by atoms with Crippen molar-refractivity contribution in [1.29, 1.82) is 0 Å². The molecule has 0 saturated carbocycles. The Kier molecular flexibility index (Phi) is 6.97. The van der Waals surface area contributed by atoms with E-state index in [0.29, 0.717) is 31.7 Å². The molecule has 0 aliphatic carbocycles. The van der Waals surface area contributed by atoms with Gasteiger partial charge in [-0.05, 0) is 23.8 Å². The summed E-state index contributed by atoms with van der Waals surface area (Å²) in [4.78, 5) is 26.8. The number of piperidine rings is 1. The van der Waals surface area contributed by atoms with Crippen molar-refractivity contribution in [3.63, 3.8) is 0 Å². The third-order valence-electron chi connectivity index (χ3n) is 5.63. The molecule has 2 heterocycles. The number of carbonyl (C=O) groups is 2. The topological polar surface area (TPSA) is 121 Å². The van der Waals surface area contributed by atoms with E-state index in [2.05, 4.69) is 15.5 Å². The lowest BCUT2D eigenvalue weighted by Crippen LogP contribution is -2.46. The minimum Gasteiger partial charge on any atom is -0.489 e. The number of benzene rings is 2. The molecule has 10 heteroatoms. The number of carbonyl (C=O) groups excluding carboxylic acids is 2. The quantitative estimate of drug-likeness (QED) is 0.533. The molecular formula is C24H26N4O5S. The van der Waals surface area contributed by atoms with Crippen LogP contribution in [0.3, 0.4) is 0 Å². The van der Waals surface area contributed by atoms with Crippen molar-refractivity contribution in [3.8, 4) is 17.0 Å². The lowest BCUT2D eigenvalue weighted by Gasteiger charge is -2.32. The average molecular weight is 483 g/mol. The smallest absolute Gasteiger partial charge is 0.272 e. The fourth-order valence-electron chi connectivity index (χ4n) is 3.82. The van der Waals surface area contributed by atoms with Crippen molar-refractivity contribution in [2.24, 2.45) is 0 Å². The zero-order valence-electron chi connectivity index (χ0n) is 18.7. The van der Waals surface area contributed by atoms with Gasteiger partial charge in [0.2, 0.25) is 5.91 Å². The predicted octanol–water partition coefficient (Wildman–Crippen LogP) is 2.28. The minimum absolute atomic E-state index is 0.130. The molecule has 1 aromatic heterocycles. The average Bonchev–Trinajstić information content (AvgIpc) is 3.34. The second-order valence-electron chi connectivity index (χ2n) is 8.13. The molecule has 2 N–H and O–H groups in total. The SMILES string of the molecule is CS(=O)(=O)c1ccccc1OC1CCN(C(=O)CNC(=O)c2cc(-c3ccccc3)[nH]n2)CC1. The van der Waals surface area contributed by atoms with E-state index in [0.717, 1.165) is 17.5 Å².